The summed E-state index contributed by atoms with van der Waals surface area (Å²) in [5, 5.41) is 0. The predicted molar refractivity (Wildman–Crippen MR) is 67.1 cm³/mol. The Morgan fingerprint density at radius 1 is 1.17 bits per heavy atom. The minimum Gasteiger partial charge on any atom is -0.466 e. The Balaban J connectivity index is 2.96. The lowest BCUT2D eigenvalue weighted by molar-refractivity contribution is -0.142. The highest BCUT2D eigenvalue weighted by Crippen LogP contribution is 2.16. The summed E-state index contributed by atoms with van der Waals surface area (Å²) in [7, 11) is 0. The summed E-state index contributed by atoms with van der Waals surface area (Å²) in [5.41, 5.74) is 6.94. The van der Waals surface area contributed by atoms with E-state index >= 15 is 0 Å². The standard InChI is InChI=1S/C13H17NO4/c1-3-17-12(15)7-9-5-6-10(14)8-11(9)13(16)18-4-2/h5-6,8H,3-4,7,14H2,1-2H3. The van der Waals surface area contributed by atoms with E-state index in [1.807, 2.05) is 0 Å². The molecule has 0 aliphatic heterocycles. The maximum atomic E-state index is 11.7. The summed E-state index contributed by atoms with van der Waals surface area (Å²) in [6.45, 7) is 4.03. The smallest absolute Gasteiger partial charge is 0.338 e. The van der Waals surface area contributed by atoms with Crippen LogP contribution in [0.2, 0.25) is 0 Å². The normalized spacial score (nSPS) is 9.89. The average molecular weight is 251 g/mol. The highest BCUT2D eigenvalue weighted by Gasteiger charge is 2.15. The van der Waals surface area contributed by atoms with E-state index in [1.54, 1.807) is 26.0 Å². The molecule has 98 valence electrons. The van der Waals surface area contributed by atoms with Crippen LogP contribution in [0, 0.1) is 0 Å². The summed E-state index contributed by atoms with van der Waals surface area (Å²) in [5.74, 6) is -0.864. The highest BCUT2D eigenvalue weighted by atomic mass is 16.5. The Labute approximate surface area is 106 Å². The number of rotatable bonds is 5. The molecule has 0 unspecified atom stereocenters. The van der Waals surface area contributed by atoms with Crippen molar-refractivity contribution in [1.29, 1.82) is 0 Å². The number of ether oxygens (including phenoxy) is 2. The largest absolute Gasteiger partial charge is 0.466 e. The number of esters is 2. The van der Waals surface area contributed by atoms with E-state index in [2.05, 4.69) is 0 Å². The average Bonchev–Trinajstić information content (AvgIpc) is 2.32. The van der Waals surface area contributed by atoms with Crippen molar-refractivity contribution >= 4 is 17.6 Å². The molecule has 0 heterocycles. The fraction of sp³-hybridized carbons (Fsp3) is 0.385. The fourth-order valence-electron chi connectivity index (χ4n) is 1.51. The van der Waals surface area contributed by atoms with E-state index < -0.39 is 5.97 Å². The zero-order valence-electron chi connectivity index (χ0n) is 10.6. The van der Waals surface area contributed by atoms with Gasteiger partial charge in [-0.05, 0) is 31.5 Å². The number of carbonyl (C=O) groups excluding carboxylic acids is 2. The highest BCUT2D eigenvalue weighted by molar-refractivity contribution is 5.93. The van der Waals surface area contributed by atoms with Crippen molar-refractivity contribution in [1.82, 2.24) is 0 Å². The second kappa shape index (κ2) is 6.64. The number of benzene rings is 1. The lowest BCUT2D eigenvalue weighted by Crippen LogP contribution is -2.13. The Morgan fingerprint density at radius 3 is 2.44 bits per heavy atom. The minimum atomic E-state index is -0.482. The summed E-state index contributed by atoms with van der Waals surface area (Å²) >= 11 is 0. The lowest BCUT2D eigenvalue weighted by Gasteiger charge is -2.09. The van der Waals surface area contributed by atoms with Gasteiger partial charge in [0.05, 0.1) is 25.2 Å². The Kier molecular flexibility index (Phi) is 5.17. The Bertz CT molecular complexity index is 443. The summed E-state index contributed by atoms with van der Waals surface area (Å²) in [6, 6.07) is 4.78. The first-order chi connectivity index (χ1) is 8.58. The molecule has 0 aliphatic carbocycles. The van der Waals surface area contributed by atoms with Crippen LogP contribution in [0.15, 0.2) is 18.2 Å². The van der Waals surface area contributed by atoms with Gasteiger partial charge in [0.25, 0.3) is 0 Å². The second-order valence-corrected chi connectivity index (χ2v) is 3.62. The van der Waals surface area contributed by atoms with Crippen LogP contribution in [0.4, 0.5) is 5.69 Å². The van der Waals surface area contributed by atoms with Gasteiger partial charge in [0.2, 0.25) is 0 Å². The minimum absolute atomic E-state index is 0.0300. The van der Waals surface area contributed by atoms with Crippen LogP contribution in [-0.4, -0.2) is 25.2 Å². The number of hydrogen-bond donors (Lipinski definition) is 1. The monoisotopic (exact) mass is 251 g/mol. The first-order valence-corrected chi connectivity index (χ1v) is 5.79. The second-order valence-electron chi connectivity index (χ2n) is 3.62. The molecular formula is C13H17NO4. The van der Waals surface area contributed by atoms with Crippen molar-refractivity contribution < 1.29 is 19.1 Å². The lowest BCUT2D eigenvalue weighted by atomic mass is 10.0. The van der Waals surface area contributed by atoms with Gasteiger partial charge < -0.3 is 15.2 Å². The van der Waals surface area contributed by atoms with Crippen molar-refractivity contribution in [2.24, 2.45) is 0 Å². The summed E-state index contributed by atoms with van der Waals surface area (Å²) < 4.78 is 9.77. The molecule has 0 aliphatic rings. The topological polar surface area (TPSA) is 78.6 Å². The van der Waals surface area contributed by atoms with Crippen LogP contribution in [0.5, 0.6) is 0 Å². The maximum Gasteiger partial charge on any atom is 0.338 e. The van der Waals surface area contributed by atoms with Gasteiger partial charge in [-0.1, -0.05) is 6.07 Å². The zero-order valence-corrected chi connectivity index (χ0v) is 10.6. The van der Waals surface area contributed by atoms with Crippen LogP contribution in [0.1, 0.15) is 29.8 Å². The van der Waals surface area contributed by atoms with E-state index in [0.717, 1.165) is 0 Å². The van der Waals surface area contributed by atoms with Crippen molar-refractivity contribution in [2.45, 2.75) is 20.3 Å². The van der Waals surface area contributed by atoms with Crippen molar-refractivity contribution in [3.8, 4) is 0 Å². The third kappa shape index (κ3) is 3.76. The number of nitrogen functional groups attached to an aromatic ring is 1. The third-order valence-electron chi connectivity index (χ3n) is 2.27. The Hall–Kier alpha value is -2.04. The van der Waals surface area contributed by atoms with Gasteiger partial charge in [0.15, 0.2) is 0 Å². The third-order valence-corrected chi connectivity index (χ3v) is 2.27. The maximum absolute atomic E-state index is 11.7. The van der Waals surface area contributed by atoms with Crippen LogP contribution >= 0.6 is 0 Å². The van der Waals surface area contributed by atoms with E-state index in [1.165, 1.54) is 6.07 Å². The SMILES string of the molecule is CCOC(=O)Cc1ccc(N)cc1C(=O)OCC. The van der Waals surface area contributed by atoms with Crippen molar-refractivity contribution in [3.63, 3.8) is 0 Å². The number of carbonyl (C=O) groups is 2. The quantitative estimate of drug-likeness (QED) is 0.634. The molecule has 0 atom stereocenters. The molecule has 1 aromatic carbocycles. The summed E-state index contributed by atoms with van der Waals surface area (Å²) in [6.07, 6.45) is 0.0300. The number of anilines is 1. The Morgan fingerprint density at radius 2 is 1.83 bits per heavy atom. The summed E-state index contributed by atoms with van der Waals surface area (Å²) in [4.78, 5) is 23.2. The predicted octanol–water partition coefficient (Wildman–Crippen LogP) is 1.55. The molecular weight excluding hydrogens is 234 g/mol. The van der Waals surface area contributed by atoms with Crippen molar-refractivity contribution in [2.75, 3.05) is 18.9 Å². The molecule has 1 rings (SSSR count). The van der Waals surface area contributed by atoms with Gasteiger partial charge in [-0.15, -0.1) is 0 Å². The molecule has 0 aromatic heterocycles. The molecule has 0 radical (unpaired) electrons. The van der Waals surface area contributed by atoms with Crippen LogP contribution in [0.3, 0.4) is 0 Å². The number of hydrogen-bond acceptors (Lipinski definition) is 5. The van der Waals surface area contributed by atoms with Crippen LogP contribution in [-0.2, 0) is 20.7 Å². The molecule has 5 heteroatoms. The molecule has 0 fully saturated rings. The first kappa shape index (κ1) is 14.0. The fourth-order valence-corrected chi connectivity index (χ4v) is 1.51. The van der Waals surface area contributed by atoms with Crippen molar-refractivity contribution in [3.05, 3.63) is 29.3 Å². The van der Waals surface area contributed by atoms with E-state index in [4.69, 9.17) is 15.2 Å². The van der Waals surface area contributed by atoms with Gasteiger partial charge in [-0.2, -0.15) is 0 Å². The van der Waals surface area contributed by atoms with Gasteiger partial charge in [0.1, 0.15) is 0 Å². The molecule has 0 amide bonds. The molecule has 2 N–H and O–H groups in total. The molecule has 0 saturated carbocycles. The van der Waals surface area contributed by atoms with E-state index in [0.29, 0.717) is 23.4 Å². The molecule has 5 nitrogen and oxygen atoms in total. The zero-order chi connectivity index (χ0) is 13.5. The van der Waals surface area contributed by atoms with Gasteiger partial charge in [-0.25, -0.2) is 4.79 Å². The molecule has 18 heavy (non-hydrogen) atoms. The molecule has 0 spiro atoms. The molecule has 0 saturated heterocycles. The molecule has 1 aromatic rings. The number of nitrogens with two attached hydrogens (primary N) is 1. The molecule has 0 bridgehead atoms. The van der Waals surface area contributed by atoms with E-state index in [-0.39, 0.29) is 19.0 Å². The van der Waals surface area contributed by atoms with Gasteiger partial charge in [-0.3, -0.25) is 4.79 Å². The first-order valence-electron chi connectivity index (χ1n) is 5.79. The van der Waals surface area contributed by atoms with Crippen LogP contribution < -0.4 is 5.73 Å². The van der Waals surface area contributed by atoms with Crippen LogP contribution in [0.25, 0.3) is 0 Å². The van der Waals surface area contributed by atoms with E-state index in [9.17, 15) is 9.59 Å². The van der Waals surface area contributed by atoms with Gasteiger partial charge >= 0.3 is 11.9 Å². The van der Waals surface area contributed by atoms with Gasteiger partial charge in [0, 0.05) is 5.69 Å².